The summed E-state index contributed by atoms with van der Waals surface area (Å²) >= 11 is 1.63. The highest BCUT2D eigenvalue weighted by Crippen LogP contribution is 2.06. The molecule has 4 heteroatoms. The van der Waals surface area contributed by atoms with Gasteiger partial charge in [-0.05, 0) is 12.0 Å². The van der Waals surface area contributed by atoms with Crippen molar-refractivity contribution in [1.29, 1.82) is 0 Å². The second kappa shape index (κ2) is 6.49. The lowest BCUT2D eigenvalue weighted by molar-refractivity contribution is 0.241. The van der Waals surface area contributed by atoms with E-state index in [2.05, 4.69) is 22.4 Å². The molecule has 1 aromatic carbocycles. The summed E-state index contributed by atoms with van der Waals surface area (Å²) in [5, 5.41) is 15.7. The number of nitrogens with one attached hydrogen (secondary N) is 1. The number of aliphatic hydroxyl groups is 1. The Bertz CT molecular complexity index is 416. The maximum Gasteiger partial charge on any atom is 0.106 e. The molecule has 17 heavy (non-hydrogen) atoms. The highest BCUT2D eigenvalue weighted by molar-refractivity contribution is 7.09. The second-order valence-corrected chi connectivity index (χ2v) is 4.86. The summed E-state index contributed by atoms with van der Waals surface area (Å²) in [7, 11) is 0. The predicted octanol–water partition coefficient (Wildman–Crippen LogP) is 1.84. The molecule has 0 saturated heterocycles. The van der Waals surface area contributed by atoms with E-state index in [1.165, 1.54) is 5.56 Å². The average molecular weight is 248 g/mol. The Kier molecular flexibility index (Phi) is 4.67. The van der Waals surface area contributed by atoms with Crippen molar-refractivity contribution in [1.82, 2.24) is 10.3 Å². The Morgan fingerprint density at radius 1 is 1.29 bits per heavy atom. The van der Waals surface area contributed by atoms with Gasteiger partial charge in [-0.1, -0.05) is 30.3 Å². The summed E-state index contributed by atoms with van der Waals surface area (Å²) in [6.45, 7) is 0.857. The largest absolute Gasteiger partial charge is 0.395 e. The Morgan fingerprint density at radius 2 is 2.12 bits per heavy atom. The van der Waals surface area contributed by atoms with Crippen LogP contribution in [0.3, 0.4) is 0 Å². The maximum absolute atomic E-state index is 9.34. The lowest BCUT2D eigenvalue weighted by atomic mass is 10.1. The smallest absolute Gasteiger partial charge is 0.106 e. The first-order chi connectivity index (χ1) is 8.38. The molecule has 1 aromatic heterocycles. The number of nitrogens with zero attached hydrogens (tertiary/aromatic N) is 1. The van der Waals surface area contributed by atoms with Gasteiger partial charge in [0.2, 0.25) is 0 Å². The lowest BCUT2D eigenvalue weighted by Crippen LogP contribution is -2.33. The fourth-order valence-corrected chi connectivity index (χ4v) is 2.24. The average Bonchev–Trinajstić information content (AvgIpc) is 2.89. The predicted molar refractivity (Wildman–Crippen MR) is 70.0 cm³/mol. The maximum atomic E-state index is 9.34. The molecule has 0 bridgehead atoms. The minimum atomic E-state index is 0.0845. The van der Waals surface area contributed by atoms with Crippen molar-refractivity contribution in [2.75, 3.05) is 6.61 Å². The molecule has 0 unspecified atom stereocenters. The van der Waals surface area contributed by atoms with Crippen LogP contribution in [0.5, 0.6) is 0 Å². The molecular weight excluding hydrogens is 232 g/mol. The van der Waals surface area contributed by atoms with Gasteiger partial charge < -0.3 is 10.4 Å². The number of aliphatic hydroxyl groups excluding tert-OH is 1. The van der Waals surface area contributed by atoms with Gasteiger partial charge in [0.15, 0.2) is 0 Å². The van der Waals surface area contributed by atoms with Crippen LogP contribution in [0.4, 0.5) is 0 Å². The van der Waals surface area contributed by atoms with Crippen molar-refractivity contribution < 1.29 is 5.11 Å². The van der Waals surface area contributed by atoms with E-state index < -0.39 is 0 Å². The van der Waals surface area contributed by atoms with Gasteiger partial charge in [0.05, 0.1) is 6.61 Å². The third-order valence-corrected chi connectivity index (χ3v) is 3.35. The number of aromatic nitrogens is 1. The van der Waals surface area contributed by atoms with Crippen LogP contribution < -0.4 is 5.32 Å². The van der Waals surface area contributed by atoms with Gasteiger partial charge in [0.1, 0.15) is 5.01 Å². The van der Waals surface area contributed by atoms with E-state index in [9.17, 15) is 5.11 Å². The van der Waals surface area contributed by atoms with Gasteiger partial charge in [0.25, 0.3) is 0 Å². The van der Waals surface area contributed by atoms with Gasteiger partial charge in [-0.25, -0.2) is 4.98 Å². The first-order valence-electron chi connectivity index (χ1n) is 5.65. The molecule has 0 aliphatic heterocycles. The molecule has 0 aliphatic carbocycles. The van der Waals surface area contributed by atoms with Gasteiger partial charge in [-0.2, -0.15) is 0 Å². The van der Waals surface area contributed by atoms with Crippen LogP contribution >= 0.6 is 11.3 Å². The standard InChI is InChI=1S/C13H16N2OS/c16-10-12(8-11-4-2-1-3-5-11)15-9-13-14-6-7-17-13/h1-7,12,15-16H,8-10H2/t12-/m1/s1. The monoisotopic (exact) mass is 248 g/mol. The van der Waals surface area contributed by atoms with E-state index in [4.69, 9.17) is 0 Å². The molecule has 0 radical (unpaired) electrons. The van der Waals surface area contributed by atoms with Crippen LogP contribution in [-0.2, 0) is 13.0 Å². The highest BCUT2D eigenvalue weighted by Gasteiger charge is 2.08. The van der Waals surface area contributed by atoms with Crippen molar-refractivity contribution in [3.8, 4) is 0 Å². The summed E-state index contributed by atoms with van der Waals surface area (Å²) in [6, 6.07) is 10.3. The summed E-state index contributed by atoms with van der Waals surface area (Å²) < 4.78 is 0. The molecule has 0 aliphatic rings. The van der Waals surface area contributed by atoms with Gasteiger partial charge in [-0.3, -0.25) is 0 Å². The molecule has 0 spiro atoms. The van der Waals surface area contributed by atoms with Crippen LogP contribution in [0.25, 0.3) is 0 Å². The summed E-state index contributed by atoms with van der Waals surface area (Å²) in [6.07, 6.45) is 2.63. The number of hydrogen-bond acceptors (Lipinski definition) is 4. The molecule has 1 heterocycles. The van der Waals surface area contributed by atoms with Crippen molar-refractivity contribution >= 4 is 11.3 Å². The topological polar surface area (TPSA) is 45.1 Å². The van der Waals surface area contributed by atoms with E-state index in [1.54, 1.807) is 17.5 Å². The van der Waals surface area contributed by atoms with Gasteiger partial charge in [-0.15, -0.1) is 11.3 Å². The minimum Gasteiger partial charge on any atom is -0.395 e. The van der Waals surface area contributed by atoms with Crippen molar-refractivity contribution in [2.45, 2.75) is 19.0 Å². The normalized spacial score (nSPS) is 12.5. The van der Waals surface area contributed by atoms with Crippen molar-refractivity contribution in [3.05, 3.63) is 52.5 Å². The van der Waals surface area contributed by atoms with Crippen molar-refractivity contribution in [2.24, 2.45) is 0 Å². The van der Waals surface area contributed by atoms with E-state index >= 15 is 0 Å². The number of rotatable bonds is 6. The third-order valence-electron chi connectivity index (χ3n) is 2.57. The van der Waals surface area contributed by atoms with E-state index in [-0.39, 0.29) is 12.6 Å². The zero-order chi connectivity index (χ0) is 11.9. The van der Waals surface area contributed by atoms with Crippen LogP contribution in [-0.4, -0.2) is 22.7 Å². The first kappa shape index (κ1) is 12.2. The lowest BCUT2D eigenvalue weighted by Gasteiger charge is -2.15. The minimum absolute atomic E-state index is 0.0845. The molecule has 0 fully saturated rings. The summed E-state index contributed by atoms with van der Waals surface area (Å²) in [5.41, 5.74) is 1.23. The number of hydrogen-bond donors (Lipinski definition) is 2. The third kappa shape index (κ3) is 3.93. The van der Waals surface area contributed by atoms with Crippen LogP contribution in [0.1, 0.15) is 10.6 Å². The second-order valence-electron chi connectivity index (χ2n) is 3.88. The Labute approximate surface area is 105 Å². The fraction of sp³-hybridized carbons (Fsp3) is 0.308. The van der Waals surface area contributed by atoms with Gasteiger partial charge >= 0.3 is 0 Å². The SMILES string of the molecule is OC[C@@H](Cc1ccccc1)NCc1nccs1. The molecular formula is C13H16N2OS. The Balaban J connectivity index is 1.85. The van der Waals surface area contributed by atoms with E-state index in [0.29, 0.717) is 0 Å². The number of benzene rings is 1. The molecule has 2 rings (SSSR count). The zero-order valence-electron chi connectivity index (χ0n) is 9.54. The molecule has 3 nitrogen and oxygen atoms in total. The van der Waals surface area contributed by atoms with Gasteiger partial charge in [0, 0.05) is 24.2 Å². The molecule has 2 N–H and O–H groups in total. The van der Waals surface area contributed by atoms with Crippen LogP contribution in [0.15, 0.2) is 41.9 Å². The summed E-state index contributed by atoms with van der Waals surface area (Å²) in [5.74, 6) is 0. The molecule has 2 aromatic rings. The number of thiazole rings is 1. The highest BCUT2D eigenvalue weighted by atomic mass is 32.1. The van der Waals surface area contributed by atoms with E-state index in [0.717, 1.165) is 18.0 Å². The van der Waals surface area contributed by atoms with Crippen LogP contribution in [0.2, 0.25) is 0 Å². The quantitative estimate of drug-likeness (QED) is 0.820. The fourth-order valence-electron chi connectivity index (χ4n) is 1.67. The summed E-state index contributed by atoms with van der Waals surface area (Å²) in [4.78, 5) is 4.20. The molecule has 0 saturated carbocycles. The Hall–Kier alpha value is -1.23. The van der Waals surface area contributed by atoms with Crippen LogP contribution in [0, 0.1) is 0 Å². The first-order valence-corrected chi connectivity index (χ1v) is 6.53. The van der Waals surface area contributed by atoms with Crippen molar-refractivity contribution in [3.63, 3.8) is 0 Å². The Morgan fingerprint density at radius 3 is 2.76 bits per heavy atom. The zero-order valence-corrected chi connectivity index (χ0v) is 10.4. The molecule has 90 valence electrons. The van der Waals surface area contributed by atoms with E-state index in [1.807, 2.05) is 23.6 Å². The molecule has 1 atom stereocenters. The molecule has 0 amide bonds.